The summed E-state index contributed by atoms with van der Waals surface area (Å²) in [6.07, 6.45) is 1.11. The van der Waals surface area contributed by atoms with E-state index in [9.17, 15) is 4.79 Å². The lowest BCUT2D eigenvalue weighted by atomic mass is 10.3. The van der Waals surface area contributed by atoms with Crippen LogP contribution in [0.15, 0.2) is 5.51 Å². The van der Waals surface area contributed by atoms with Gasteiger partial charge in [-0.2, -0.15) is 0 Å². The van der Waals surface area contributed by atoms with Gasteiger partial charge in [0.2, 0.25) is 0 Å². The van der Waals surface area contributed by atoms with Crippen molar-refractivity contribution in [2.24, 2.45) is 0 Å². The van der Waals surface area contributed by atoms with Crippen molar-refractivity contribution < 1.29 is 9.90 Å². The molecule has 1 aliphatic rings. The molecule has 1 aromatic heterocycles. The van der Waals surface area contributed by atoms with Gasteiger partial charge in [0.05, 0.1) is 10.4 Å². The first-order valence-electron chi connectivity index (χ1n) is 5.36. The van der Waals surface area contributed by atoms with Gasteiger partial charge in [0.25, 0.3) is 0 Å². The van der Waals surface area contributed by atoms with Crippen molar-refractivity contribution in [3.63, 3.8) is 0 Å². The molecule has 1 fully saturated rings. The monoisotopic (exact) mass is 241 g/mol. The van der Waals surface area contributed by atoms with E-state index in [0.29, 0.717) is 6.54 Å². The maximum absolute atomic E-state index is 10.9. The predicted molar refractivity (Wildman–Crippen MR) is 61.8 cm³/mol. The quantitative estimate of drug-likeness (QED) is 0.813. The smallest absolute Gasteiger partial charge is 0.355 e. The molecular formula is C10H15N3O2S. The van der Waals surface area contributed by atoms with Gasteiger partial charge < -0.3 is 10.4 Å². The van der Waals surface area contributed by atoms with Crippen molar-refractivity contribution in [2.45, 2.75) is 13.0 Å². The topological polar surface area (TPSA) is 65.5 Å². The molecule has 1 saturated heterocycles. The average Bonchev–Trinajstić information content (AvgIpc) is 2.55. The molecular weight excluding hydrogens is 226 g/mol. The van der Waals surface area contributed by atoms with E-state index in [4.69, 9.17) is 5.11 Å². The van der Waals surface area contributed by atoms with E-state index in [2.05, 4.69) is 15.2 Å². The van der Waals surface area contributed by atoms with Crippen LogP contribution in [-0.4, -0.2) is 47.1 Å². The van der Waals surface area contributed by atoms with Crippen LogP contribution >= 0.6 is 11.3 Å². The summed E-state index contributed by atoms with van der Waals surface area (Å²) in [4.78, 5) is 17.9. The number of carboxylic acid groups (broad SMARTS) is 1. The van der Waals surface area contributed by atoms with Crippen molar-refractivity contribution in [1.82, 2.24) is 15.2 Å². The number of rotatable bonds is 3. The number of carboxylic acids is 1. The molecule has 0 bridgehead atoms. The Kier molecular flexibility index (Phi) is 3.87. The van der Waals surface area contributed by atoms with E-state index in [1.807, 2.05) is 0 Å². The standard InChI is InChI=1S/C10H15N3O2S/c14-10(15)9-8(16-7-12-9)6-13-4-1-2-11-3-5-13/h7,11H,1-6H2,(H,14,15). The Morgan fingerprint density at radius 2 is 2.44 bits per heavy atom. The number of aromatic nitrogens is 1. The van der Waals surface area contributed by atoms with E-state index < -0.39 is 5.97 Å². The fraction of sp³-hybridized carbons (Fsp3) is 0.600. The Hall–Kier alpha value is -0.980. The zero-order chi connectivity index (χ0) is 11.4. The number of thiazole rings is 1. The minimum atomic E-state index is -0.927. The lowest BCUT2D eigenvalue weighted by Crippen LogP contribution is -2.27. The average molecular weight is 241 g/mol. The van der Waals surface area contributed by atoms with Crippen LogP contribution in [-0.2, 0) is 6.54 Å². The van der Waals surface area contributed by atoms with Crippen LogP contribution in [0.3, 0.4) is 0 Å². The Morgan fingerprint density at radius 1 is 1.56 bits per heavy atom. The Balaban J connectivity index is 2.01. The normalized spacial score (nSPS) is 18.2. The summed E-state index contributed by atoms with van der Waals surface area (Å²) < 4.78 is 0. The van der Waals surface area contributed by atoms with Gasteiger partial charge in [-0.3, -0.25) is 4.90 Å². The molecule has 0 spiro atoms. The highest BCUT2D eigenvalue weighted by Crippen LogP contribution is 2.16. The molecule has 16 heavy (non-hydrogen) atoms. The number of nitrogens with zero attached hydrogens (tertiary/aromatic N) is 2. The third kappa shape index (κ3) is 2.78. The van der Waals surface area contributed by atoms with Crippen molar-refractivity contribution in [1.29, 1.82) is 0 Å². The molecule has 88 valence electrons. The third-order valence-corrected chi connectivity index (χ3v) is 3.46. The van der Waals surface area contributed by atoms with E-state index in [1.54, 1.807) is 5.51 Å². The molecule has 5 nitrogen and oxygen atoms in total. The molecule has 2 rings (SSSR count). The van der Waals surface area contributed by atoms with Gasteiger partial charge in [-0.1, -0.05) is 0 Å². The Bertz CT molecular complexity index is 359. The lowest BCUT2D eigenvalue weighted by molar-refractivity contribution is 0.0689. The maximum atomic E-state index is 10.9. The lowest BCUT2D eigenvalue weighted by Gasteiger charge is -2.18. The summed E-state index contributed by atoms with van der Waals surface area (Å²) in [5.41, 5.74) is 1.82. The molecule has 0 unspecified atom stereocenters. The molecule has 0 amide bonds. The molecule has 1 aliphatic heterocycles. The number of carbonyl (C=O) groups is 1. The van der Waals surface area contributed by atoms with E-state index in [-0.39, 0.29) is 5.69 Å². The molecule has 2 heterocycles. The number of hydrogen-bond donors (Lipinski definition) is 2. The second kappa shape index (κ2) is 5.38. The minimum Gasteiger partial charge on any atom is -0.476 e. The largest absolute Gasteiger partial charge is 0.476 e. The fourth-order valence-corrected chi connectivity index (χ4v) is 2.61. The maximum Gasteiger partial charge on any atom is 0.355 e. The van der Waals surface area contributed by atoms with Crippen molar-refractivity contribution in [3.8, 4) is 0 Å². The number of nitrogens with one attached hydrogen (secondary N) is 1. The van der Waals surface area contributed by atoms with Gasteiger partial charge >= 0.3 is 5.97 Å². The Morgan fingerprint density at radius 3 is 3.25 bits per heavy atom. The third-order valence-electron chi connectivity index (χ3n) is 2.64. The molecule has 1 aromatic rings. The van der Waals surface area contributed by atoms with Gasteiger partial charge in [-0.15, -0.1) is 11.3 Å². The molecule has 2 N–H and O–H groups in total. The van der Waals surface area contributed by atoms with E-state index in [1.165, 1.54) is 11.3 Å². The summed E-state index contributed by atoms with van der Waals surface area (Å²) in [6.45, 7) is 4.71. The SMILES string of the molecule is O=C(O)c1ncsc1CN1CCCNCC1. The van der Waals surface area contributed by atoms with Gasteiger partial charge in [0.15, 0.2) is 5.69 Å². The van der Waals surface area contributed by atoms with E-state index in [0.717, 1.165) is 37.5 Å². The molecule has 0 saturated carbocycles. The first-order chi connectivity index (χ1) is 7.77. The second-order valence-corrected chi connectivity index (χ2v) is 4.75. The predicted octanol–water partition coefficient (Wildman–Crippen LogP) is 0.637. The summed E-state index contributed by atoms with van der Waals surface area (Å²) in [5.74, 6) is -0.927. The van der Waals surface area contributed by atoms with Crippen molar-refractivity contribution >= 4 is 17.3 Å². The van der Waals surface area contributed by atoms with Crippen LogP contribution in [0, 0.1) is 0 Å². The first-order valence-corrected chi connectivity index (χ1v) is 6.24. The van der Waals surface area contributed by atoms with Gasteiger partial charge in [-0.25, -0.2) is 9.78 Å². The van der Waals surface area contributed by atoms with Crippen LogP contribution in [0.2, 0.25) is 0 Å². The van der Waals surface area contributed by atoms with Gasteiger partial charge in [0.1, 0.15) is 0 Å². The number of aromatic carboxylic acids is 1. The first kappa shape index (κ1) is 11.5. The van der Waals surface area contributed by atoms with Crippen molar-refractivity contribution in [3.05, 3.63) is 16.1 Å². The summed E-state index contributed by atoms with van der Waals surface area (Å²) in [5, 5.41) is 12.3. The molecule has 6 heteroatoms. The molecule has 0 aromatic carbocycles. The van der Waals surface area contributed by atoms with Crippen LogP contribution in [0.25, 0.3) is 0 Å². The second-order valence-electron chi connectivity index (χ2n) is 3.81. The zero-order valence-electron chi connectivity index (χ0n) is 8.98. The summed E-state index contributed by atoms with van der Waals surface area (Å²) in [6, 6.07) is 0. The number of hydrogen-bond acceptors (Lipinski definition) is 5. The molecule has 0 radical (unpaired) electrons. The fourth-order valence-electron chi connectivity index (χ4n) is 1.82. The zero-order valence-corrected chi connectivity index (χ0v) is 9.79. The molecule has 0 atom stereocenters. The van der Waals surface area contributed by atoms with Crippen molar-refractivity contribution in [2.75, 3.05) is 26.2 Å². The summed E-state index contributed by atoms with van der Waals surface area (Å²) in [7, 11) is 0. The Labute approximate surface area is 98.1 Å². The van der Waals surface area contributed by atoms with Gasteiger partial charge in [-0.05, 0) is 19.5 Å². The van der Waals surface area contributed by atoms with Crippen LogP contribution in [0.5, 0.6) is 0 Å². The minimum absolute atomic E-state index is 0.210. The van der Waals surface area contributed by atoms with E-state index >= 15 is 0 Å². The summed E-state index contributed by atoms with van der Waals surface area (Å²) >= 11 is 1.42. The highest BCUT2D eigenvalue weighted by atomic mass is 32.1. The van der Waals surface area contributed by atoms with Crippen LogP contribution < -0.4 is 5.32 Å². The van der Waals surface area contributed by atoms with Gasteiger partial charge in [0, 0.05) is 19.6 Å². The highest BCUT2D eigenvalue weighted by molar-refractivity contribution is 7.09. The highest BCUT2D eigenvalue weighted by Gasteiger charge is 2.17. The van der Waals surface area contributed by atoms with Crippen LogP contribution in [0.4, 0.5) is 0 Å². The van der Waals surface area contributed by atoms with Crippen LogP contribution in [0.1, 0.15) is 21.8 Å². The molecule has 0 aliphatic carbocycles.